The number of benzene rings is 1. The van der Waals surface area contributed by atoms with Crippen LogP contribution in [0, 0.1) is 0 Å². The first kappa shape index (κ1) is 19.1. The van der Waals surface area contributed by atoms with E-state index in [1.54, 1.807) is 6.07 Å². The second kappa shape index (κ2) is 7.92. The van der Waals surface area contributed by atoms with Crippen molar-refractivity contribution in [3.63, 3.8) is 0 Å². The third kappa shape index (κ3) is 4.95. The molecule has 1 aromatic heterocycles. The summed E-state index contributed by atoms with van der Waals surface area (Å²) in [6.07, 6.45) is 0. The topological polar surface area (TPSA) is 79.9 Å². The monoisotopic (exact) mass is 371 g/mol. The van der Waals surface area contributed by atoms with Crippen LogP contribution in [0.15, 0.2) is 40.9 Å². The number of nitrogens with one attached hydrogen (secondary N) is 2. The minimum atomic E-state index is -0.126. The fourth-order valence-electron chi connectivity index (χ4n) is 3.06. The van der Waals surface area contributed by atoms with Crippen LogP contribution in [0.3, 0.4) is 0 Å². The minimum Gasteiger partial charge on any atom is -0.338 e. The molecule has 2 aromatic rings. The van der Waals surface area contributed by atoms with Gasteiger partial charge in [-0.15, -0.1) is 0 Å². The Labute approximate surface area is 159 Å². The highest BCUT2D eigenvalue weighted by Gasteiger charge is 2.26. The lowest BCUT2D eigenvalue weighted by Gasteiger charge is -2.31. The zero-order valence-electron chi connectivity index (χ0n) is 16.1. The van der Waals surface area contributed by atoms with Crippen molar-refractivity contribution in [3.8, 4) is 0 Å². The van der Waals surface area contributed by atoms with Gasteiger partial charge in [0.15, 0.2) is 6.54 Å². The molecule has 7 heteroatoms. The van der Waals surface area contributed by atoms with Crippen molar-refractivity contribution >= 4 is 17.7 Å². The quantitative estimate of drug-likeness (QED) is 0.839. The normalized spacial score (nSPS) is 15.6. The van der Waals surface area contributed by atoms with Gasteiger partial charge in [0.05, 0.1) is 31.9 Å². The highest BCUT2D eigenvalue weighted by atomic mass is 16.5. The number of carbonyl (C=O) groups is 2. The first-order chi connectivity index (χ1) is 12.8. The lowest BCUT2D eigenvalue weighted by atomic mass is 9.92. The van der Waals surface area contributed by atoms with Gasteiger partial charge in [0.25, 0.3) is 11.8 Å². The fourth-order valence-corrected chi connectivity index (χ4v) is 3.06. The van der Waals surface area contributed by atoms with E-state index in [1.807, 2.05) is 56.0 Å². The maximum Gasteiger partial charge on any atom is 0.281 e. The van der Waals surface area contributed by atoms with Gasteiger partial charge in [-0.05, 0) is 12.1 Å². The molecule has 0 atom stereocenters. The summed E-state index contributed by atoms with van der Waals surface area (Å²) in [4.78, 5) is 27.8. The van der Waals surface area contributed by atoms with Crippen LogP contribution in [0.2, 0.25) is 0 Å². The van der Waals surface area contributed by atoms with Crippen LogP contribution in [0.5, 0.6) is 0 Å². The third-order valence-corrected chi connectivity index (χ3v) is 4.73. The van der Waals surface area contributed by atoms with Crippen LogP contribution in [-0.2, 0) is 10.2 Å². The van der Waals surface area contributed by atoms with E-state index in [9.17, 15) is 9.59 Å². The van der Waals surface area contributed by atoms with Gasteiger partial charge in [-0.1, -0.05) is 44.1 Å². The lowest BCUT2D eigenvalue weighted by molar-refractivity contribution is -0.895. The number of hydrogen-bond acceptors (Lipinski definition) is 4. The fraction of sp³-hybridized carbons (Fsp3) is 0.450. The summed E-state index contributed by atoms with van der Waals surface area (Å²) in [6.45, 7) is 9.24. The Kier molecular flexibility index (Phi) is 5.60. The highest BCUT2D eigenvalue weighted by molar-refractivity contribution is 5.94. The molecule has 1 aliphatic heterocycles. The molecule has 1 fully saturated rings. The Balaban J connectivity index is 1.47. The first-order valence-corrected chi connectivity index (χ1v) is 9.28. The Hall–Kier alpha value is -2.67. The molecule has 1 aromatic carbocycles. The van der Waals surface area contributed by atoms with E-state index in [4.69, 9.17) is 4.52 Å². The number of nitrogens with zero attached hydrogens (tertiary/aromatic N) is 2. The number of rotatable bonds is 4. The van der Waals surface area contributed by atoms with Gasteiger partial charge in [0.2, 0.25) is 5.88 Å². The summed E-state index contributed by atoms with van der Waals surface area (Å²) in [6, 6.07) is 11.1. The number of piperazine rings is 1. The van der Waals surface area contributed by atoms with Crippen LogP contribution in [0.1, 0.15) is 36.8 Å². The lowest BCUT2D eigenvalue weighted by Crippen LogP contribution is -3.15. The van der Waals surface area contributed by atoms with Crippen LogP contribution >= 0.6 is 0 Å². The van der Waals surface area contributed by atoms with Gasteiger partial charge in [0, 0.05) is 17.0 Å². The summed E-state index contributed by atoms with van der Waals surface area (Å²) >= 11 is 0. The van der Waals surface area contributed by atoms with Crippen molar-refractivity contribution < 1.29 is 19.0 Å². The molecule has 1 aliphatic rings. The number of anilines is 1. The molecule has 144 valence electrons. The van der Waals surface area contributed by atoms with Gasteiger partial charge in [-0.2, -0.15) is 0 Å². The predicted octanol–water partition coefficient (Wildman–Crippen LogP) is 0.952. The van der Waals surface area contributed by atoms with Crippen molar-refractivity contribution in [3.05, 3.63) is 47.7 Å². The number of amides is 2. The summed E-state index contributed by atoms with van der Waals surface area (Å²) < 4.78 is 5.20. The molecule has 0 aliphatic carbocycles. The molecule has 2 heterocycles. The van der Waals surface area contributed by atoms with Crippen molar-refractivity contribution in [2.45, 2.75) is 26.2 Å². The summed E-state index contributed by atoms with van der Waals surface area (Å²) in [7, 11) is 0. The molecule has 0 radical (unpaired) electrons. The van der Waals surface area contributed by atoms with Crippen molar-refractivity contribution in [2.24, 2.45) is 0 Å². The molecule has 3 rings (SSSR count). The summed E-state index contributed by atoms with van der Waals surface area (Å²) in [5.74, 6) is 0.321. The average Bonchev–Trinajstić information content (AvgIpc) is 3.11. The molecule has 1 saturated heterocycles. The van der Waals surface area contributed by atoms with E-state index >= 15 is 0 Å². The summed E-state index contributed by atoms with van der Waals surface area (Å²) in [5, 5.41) is 6.78. The van der Waals surface area contributed by atoms with Gasteiger partial charge >= 0.3 is 0 Å². The van der Waals surface area contributed by atoms with Crippen LogP contribution in [0.25, 0.3) is 0 Å². The highest BCUT2D eigenvalue weighted by Crippen LogP contribution is 2.23. The van der Waals surface area contributed by atoms with Crippen LogP contribution < -0.4 is 10.2 Å². The molecule has 0 spiro atoms. The molecular weight excluding hydrogens is 344 g/mol. The van der Waals surface area contributed by atoms with E-state index in [-0.39, 0.29) is 17.2 Å². The molecule has 0 unspecified atom stereocenters. The Morgan fingerprint density at radius 2 is 1.85 bits per heavy atom. The van der Waals surface area contributed by atoms with Crippen LogP contribution in [-0.4, -0.2) is 54.6 Å². The van der Waals surface area contributed by atoms with E-state index in [0.717, 1.165) is 23.7 Å². The molecule has 0 bridgehead atoms. The second-order valence-electron chi connectivity index (χ2n) is 7.96. The Morgan fingerprint density at radius 1 is 1.19 bits per heavy atom. The van der Waals surface area contributed by atoms with Gasteiger partial charge < -0.3 is 14.3 Å². The van der Waals surface area contributed by atoms with E-state index < -0.39 is 0 Å². The number of quaternary nitrogens is 1. The Bertz CT molecular complexity index is 787. The van der Waals surface area contributed by atoms with Crippen molar-refractivity contribution in [1.82, 2.24) is 10.1 Å². The second-order valence-corrected chi connectivity index (χ2v) is 7.96. The van der Waals surface area contributed by atoms with Crippen molar-refractivity contribution in [2.75, 3.05) is 38.0 Å². The standard InChI is InChI=1S/C20H26N4O3/c1-20(2,3)16-13-18(27-22-16)21-17(25)14-23-9-11-24(12-10-23)19(26)15-7-5-4-6-8-15/h4-8,13H,9-12,14H2,1-3H3,(H,21,25)/p+1. The molecule has 27 heavy (non-hydrogen) atoms. The third-order valence-electron chi connectivity index (χ3n) is 4.73. The largest absolute Gasteiger partial charge is 0.338 e. The number of aromatic nitrogens is 1. The minimum absolute atomic E-state index is 0.0514. The maximum absolute atomic E-state index is 12.5. The first-order valence-electron chi connectivity index (χ1n) is 9.28. The number of hydrogen-bond donors (Lipinski definition) is 2. The smallest absolute Gasteiger partial charge is 0.281 e. The SMILES string of the molecule is CC(C)(C)c1cc(NC(=O)C[NH+]2CCN(C(=O)c3ccccc3)CC2)on1. The van der Waals surface area contributed by atoms with Gasteiger partial charge in [0.1, 0.15) is 0 Å². The zero-order chi connectivity index (χ0) is 19.4. The van der Waals surface area contributed by atoms with Gasteiger partial charge in [-0.3, -0.25) is 14.9 Å². The van der Waals surface area contributed by atoms with Gasteiger partial charge in [-0.25, -0.2) is 0 Å². The number of carbonyl (C=O) groups excluding carboxylic acids is 2. The average molecular weight is 371 g/mol. The van der Waals surface area contributed by atoms with Crippen LogP contribution in [0.4, 0.5) is 5.88 Å². The predicted molar refractivity (Wildman–Crippen MR) is 102 cm³/mol. The maximum atomic E-state index is 12.5. The molecular formula is C20H27N4O3+. The van der Waals surface area contributed by atoms with E-state index in [2.05, 4.69) is 10.5 Å². The molecule has 2 N–H and O–H groups in total. The molecule has 0 saturated carbocycles. The van der Waals surface area contributed by atoms with E-state index in [0.29, 0.717) is 31.1 Å². The molecule has 2 amide bonds. The van der Waals surface area contributed by atoms with E-state index in [1.165, 1.54) is 0 Å². The Morgan fingerprint density at radius 3 is 2.44 bits per heavy atom. The van der Waals surface area contributed by atoms with Crippen molar-refractivity contribution in [1.29, 1.82) is 0 Å². The molecule has 7 nitrogen and oxygen atoms in total. The zero-order valence-corrected chi connectivity index (χ0v) is 16.1. The summed E-state index contributed by atoms with van der Waals surface area (Å²) in [5.41, 5.74) is 1.39.